The van der Waals surface area contributed by atoms with Crippen LogP contribution in [-0.4, -0.2) is 23.5 Å². The predicted molar refractivity (Wildman–Crippen MR) is 106 cm³/mol. The molecular formula is C16H21Cl4N3O2. The van der Waals surface area contributed by atoms with Gasteiger partial charge in [-0.15, -0.1) is 24.8 Å². The van der Waals surface area contributed by atoms with Crippen LogP contribution in [0.4, 0.5) is 0 Å². The van der Waals surface area contributed by atoms with Crippen molar-refractivity contribution in [1.29, 1.82) is 0 Å². The Balaban J connectivity index is 0.00000288. The number of benzene rings is 1. The SMILES string of the molecule is CC(N)CCNC(=O)CCc1ncc(-c2ccc(Cl)cc2Cl)o1.Cl.Cl. The van der Waals surface area contributed by atoms with Crippen LogP contribution in [0.25, 0.3) is 11.3 Å². The van der Waals surface area contributed by atoms with Crippen molar-refractivity contribution >= 4 is 53.9 Å². The third kappa shape index (κ3) is 7.84. The van der Waals surface area contributed by atoms with Crippen molar-refractivity contribution in [2.75, 3.05) is 6.54 Å². The summed E-state index contributed by atoms with van der Waals surface area (Å²) in [5.74, 6) is 1.00. The van der Waals surface area contributed by atoms with Gasteiger partial charge in [0.05, 0.1) is 11.2 Å². The molecule has 0 aliphatic heterocycles. The largest absolute Gasteiger partial charge is 0.441 e. The maximum atomic E-state index is 11.7. The average Bonchev–Trinajstić information content (AvgIpc) is 2.93. The molecule has 2 rings (SSSR count). The summed E-state index contributed by atoms with van der Waals surface area (Å²) in [7, 11) is 0. The minimum atomic E-state index is -0.0464. The second kappa shape index (κ2) is 11.6. The topological polar surface area (TPSA) is 81.1 Å². The Labute approximate surface area is 169 Å². The maximum Gasteiger partial charge on any atom is 0.220 e. The molecule has 1 atom stereocenters. The zero-order chi connectivity index (χ0) is 16.8. The van der Waals surface area contributed by atoms with Crippen molar-refractivity contribution in [2.45, 2.75) is 32.2 Å². The number of nitrogens with one attached hydrogen (secondary N) is 1. The van der Waals surface area contributed by atoms with Gasteiger partial charge in [0.25, 0.3) is 0 Å². The average molecular weight is 429 g/mol. The zero-order valence-electron chi connectivity index (χ0n) is 13.6. The fourth-order valence-corrected chi connectivity index (χ4v) is 2.49. The lowest BCUT2D eigenvalue weighted by Gasteiger charge is -2.06. The van der Waals surface area contributed by atoms with Gasteiger partial charge in [0.2, 0.25) is 5.91 Å². The molecule has 25 heavy (non-hydrogen) atoms. The lowest BCUT2D eigenvalue weighted by Crippen LogP contribution is -2.29. The summed E-state index contributed by atoms with van der Waals surface area (Å²) in [5.41, 5.74) is 6.35. The molecule has 1 aromatic heterocycles. The standard InChI is InChI=1S/C16H19Cl2N3O2.2ClH/c1-10(19)6-7-20-15(22)4-5-16-21-9-14(23-16)12-3-2-11(17)8-13(12)18;;/h2-3,8-10H,4-7,19H2,1H3,(H,20,22);2*1H. The van der Waals surface area contributed by atoms with Gasteiger partial charge in [0.1, 0.15) is 0 Å². The Morgan fingerprint density at radius 3 is 2.72 bits per heavy atom. The Morgan fingerprint density at radius 1 is 1.36 bits per heavy atom. The minimum Gasteiger partial charge on any atom is -0.441 e. The van der Waals surface area contributed by atoms with Crippen molar-refractivity contribution in [3.05, 3.63) is 40.3 Å². The summed E-state index contributed by atoms with van der Waals surface area (Å²) in [4.78, 5) is 15.9. The number of hydrogen-bond donors (Lipinski definition) is 2. The number of carbonyl (C=O) groups is 1. The number of nitrogens with two attached hydrogens (primary N) is 1. The second-order valence-corrected chi connectivity index (χ2v) is 6.20. The molecular weight excluding hydrogens is 408 g/mol. The third-order valence-electron chi connectivity index (χ3n) is 3.24. The predicted octanol–water partition coefficient (Wildman–Crippen LogP) is 4.28. The van der Waals surface area contributed by atoms with E-state index < -0.39 is 0 Å². The molecule has 1 unspecified atom stereocenters. The van der Waals surface area contributed by atoms with Crippen LogP contribution in [0.5, 0.6) is 0 Å². The summed E-state index contributed by atoms with van der Waals surface area (Å²) >= 11 is 12.0. The van der Waals surface area contributed by atoms with Crippen LogP contribution in [0.15, 0.2) is 28.8 Å². The number of aromatic nitrogens is 1. The fraction of sp³-hybridized carbons (Fsp3) is 0.375. The summed E-state index contributed by atoms with van der Waals surface area (Å²) < 4.78 is 5.64. The lowest BCUT2D eigenvalue weighted by atomic mass is 10.2. The molecule has 9 heteroatoms. The number of halogens is 4. The van der Waals surface area contributed by atoms with E-state index in [1.54, 1.807) is 24.4 Å². The van der Waals surface area contributed by atoms with E-state index in [4.69, 9.17) is 33.4 Å². The molecule has 0 radical (unpaired) electrons. The molecule has 0 fully saturated rings. The molecule has 1 heterocycles. The fourth-order valence-electron chi connectivity index (χ4n) is 1.99. The van der Waals surface area contributed by atoms with Crippen molar-refractivity contribution < 1.29 is 9.21 Å². The van der Waals surface area contributed by atoms with Crippen LogP contribution in [0.2, 0.25) is 10.0 Å². The van der Waals surface area contributed by atoms with Crippen molar-refractivity contribution in [3.63, 3.8) is 0 Å². The van der Waals surface area contributed by atoms with E-state index in [0.29, 0.717) is 41.1 Å². The smallest absolute Gasteiger partial charge is 0.220 e. The lowest BCUT2D eigenvalue weighted by molar-refractivity contribution is -0.121. The molecule has 0 aliphatic rings. The van der Waals surface area contributed by atoms with E-state index in [-0.39, 0.29) is 36.8 Å². The molecule has 0 aliphatic carbocycles. The number of carbonyl (C=O) groups excluding carboxylic acids is 1. The first-order valence-electron chi connectivity index (χ1n) is 7.38. The zero-order valence-corrected chi connectivity index (χ0v) is 16.8. The Bertz CT molecular complexity index is 677. The van der Waals surface area contributed by atoms with Crippen molar-refractivity contribution in [3.8, 4) is 11.3 Å². The molecule has 2 aromatic rings. The molecule has 3 N–H and O–H groups in total. The van der Waals surface area contributed by atoms with E-state index in [1.165, 1.54) is 0 Å². The minimum absolute atomic E-state index is 0. The summed E-state index contributed by atoms with van der Waals surface area (Å²) in [6, 6.07) is 5.23. The number of rotatable bonds is 7. The van der Waals surface area contributed by atoms with Crippen LogP contribution < -0.4 is 11.1 Å². The van der Waals surface area contributed by atoms with E-state index in [2.05, 4.69) is 10.3 Å². The first-order valence-corrected chi connectivity index (χ1v) is 8.13. The maximum absolute atomic E-state index is 11.7. The van der Waals surface area contributed by atoms with E-state index >= 15 is 0 Å². The molecule has 0 saturated heterocycles. The van der Waals surface area contributed by atoms with Crippen LogP contribution in [0, 0.1) is 0 Å². The number of oxazole rings is 1. The molecule has 1 aromatic carbocycles. The van der Waals surface area contributed by atoms with Crippen molar-refractivity contribution in [1.82, 2.24) is 10.3 Å². The van der Waals surface area contributed by atoms with Gasteiger partial charge in [0.15, 0.2) is 11.7 Å². The van der Waals surface area contributed by atoms with Gasteiger partial charge in [-0.05, 0) is 31.5 Å². The van der Waals surface area contributed by atoms with Gasteiger partial charge in [-0.2, -0.15) is 0 Å². The Hall–Kier alpha value is -0.980. The van der Waals surface area contributed by atoms with E-state index in [9.17, 15) is 4.79 Å². The molecule has 140 valence electrons. The van der Waals surface area contributed by atoms with Crippen LogP contribution >= 0.6 is 48.0 Å². The Kier molecular flexibility index (Phi) is 11.1. The molecule has 0 saturated carbocycles. The number of nitrogens with zero attached hydrogens (tertiary/aromatic N) is 1. The van der Waals surface area contributed by atoms with Crippen LogP contribution in [-0.2, 0) is 11.2 Å². The highest BCUT2D eigenvalue weighted by Crippen LogP contribution is 2.30. The van der Waals surface area contributed by atoms with Gasteiger partial charge in [-0.25, -0.2) is 4.98 Å². The highest BCUT2D eigenvalue weighted by molar-refractivity contribution is 6.36. The van der Waals surface area contributed by atoms with E-state index in [0.717, 1.165) is 12.0 Å². The van der Waals surface area contributed by atoms with Gasteiger partial charge in [-0.3, -0.25) is 4.79 Å². The van der Waals surface area contributed by atoms with Gasteiger partial charge < -0.3 is 15.5 Å². The van der Waals surface area contributed by atoms with Gasteiger partial charge in [0, 0.05) is 36.0 Å². The Morgan fingerprint density at radius 2 is 2.08 bits per heavy atom. The summed E-state index contributed by atoms with van der Waals surface area (Å²) in [6.07, 6.45) is 3.09. The molecule has 0 spiro atoms. The second-order valence-electron chi connectivity index (χ2n) is 5.36. The molecule has 5 nitrogen and oxygen atoms in total. The highest BCUT2D eigenvalue weighted by atomic mass is 35.5. The van der Waals surface area contributed by atoms with E-state index in [1.807, 2.05) is 6.92 Å². The van der Waals surface area contributed by atoms with Gasteiger partial charge >= 0.3 is 0 Å². The number of hydrogen-bond acceptors (Lipinski definition) is 4. The first kappa shape index (κ1) is 24.0. The first-order chi connectivity index (χ1) is 11.0. The van der Waals surface area contributed by atoms with Crippen LogP contribution in [0.1, 0.15) is 25.7 Å². The number of aryl methyl sites for hydroxylation is 1. The summed E-state index contributed by atoms with van der Waals surface area (Å²) in [5, 5.41) is 3.87. The molecule has 0 bridgehead atoms. The van der Waals surface area contributed by atoms with Crippen molar-refractivity contribution in [2.24, 2.45) is 5.73 Å². The highest BCUT2D eigenvalue weighted by Gasteiger charge is 2.11. The normalized spacial score (nSPS) is 11.2. The third-order valence-corrected chi connectivity index (χ3v) is 3.79. The van der Waals surface area contributed by atoms with Crippen LogP contribution in [0.3, 0.4) is 0 Å². The number of amides is 1. The monoisotopic (exact) mass is 427 g/mol. The molecule has 1 amide bonds. The quantitative estimate of drug-likeness (QED) is 0.689. The van der Waals surface area contributed by atoms with Gasteiger partial charge in [-0.1, -0.05) is 23.2 Å². The summed E-state index contributed by atoms with van der Waals surface area (Å²) in [6.45, 7) is 2.48.